The molecule has 2 aromatic heterocycles. The number of hydrogen-bond donors (Lipinski definition) is 2. The van der Waals surface area contributed by atoms with E-state index in [1.807, 2.05) is 41.1 Å². The van der Waals surface area contributed by atoms with Crippen LogP contribution in [0.3, 0.4) is 0 Å². The van der Waals surface area contributed by atoms with E-state index in [1.165, 1.54) is 39.8 Å². The molecule has 5 rings (SSSR count). The normalized spacial score (nSPS) is 16.8. The Morgan fingerprint density at radius 1 is 1.18 bits per heavy atom. The van der Waals surface area contributed by atoms with Crippen LogP contribution in [0.25, 0.3) is 5.57 Å². The summed E-state index contributed by atoms with van der Waals surface area (Å²) in [5, 5.41) is 20.9. The number of benzene rings is 1. The topological polar surface area (TPSA) is 117 Å². The van der Waals surface area contributed by atoms with Crippen molar-refractivity contribution in [3.05, 3.63) is 82.0 Å². The van der Waals surface area contributed by atoms with Crippen molar-refractivity contribution in [2.75, 3.05) is 26.5 Å². The van der Waals surface area contributed by atoms with E-state index in [-0.39, 0.29) is 11.8 Å². The SMILES string of the molecule is CN=CC(C=N)c1cccc(Cc2c3c(nn2C)CC/C2=C/N=C(Nc4ccn(CCCC(=O)N(C)C)n4)CCC(C)=C23)c1. The van der Waals surface area contributed by atoms with Crippen LogP contribution >= 0.6 is 0 Å². The zero-order valence-corrected chi connectivity index (χ0v) is 26.5. The van der Waals surface area contributed by atoms with Gasteiger partial charge in [-0.3, -0.25) is 19.2 Å². The van der Waals surface area contributed by atoms with Gasteiger partial charge in [0.2, 0.25) is 5.91 Å². The highest BCUT2D eigenvalue weighted by molar-refractivity contribution is 5.96. The Labute approximate surface area is 259 Å². The van der Waals surface area contributed by atoms with Crippen LogP contribution in [-0.4, -0.2) is 69.8 Å². The van der Waals surface area contributed by atoms with Crippen molar-refractivity contribution in [3.8, 4) is 0 Å². The molecule has 10 heteroatoms. The average Bonchev–Trinajstić information content (AvgIpc) is 3.58. The highest BCUT2D eigenvalue weighted by Gasteiger charge is 2.28. The summed E-state index contributed by atoms with van der Waals surface area (Å²) in [6.45, 7) is 2.93. The van der Waals surface area contributed by atoms with E-state index in [1.54, 1.807) is 26.0 Å². The number of amides is 1. The van der Waals surface area contributed by atoms with E-state index >= 15 is 0 Å². The molecule has 0 spiro atoms. The van der Waals surface area contributed by atoms with Crippen LogP contribution in [0.5, 0.6) is 0 Å². The molecule has 230 valence electrons. The summed E-state index contributed by atoms with van der Waals surface area (Å²) < 4.78 is 3.92. The van der Waals surface area contributed by atoms with Crippen molar-refractivity contribution >= 4 is 35.6 Å². The minimum absolute atomic E-state index is 0.126. The number of nitrogens with one attached hydrogen (secondary N) is 2. The van der Waals surface area contributed by atoms with Crippen LogP contribution in [-0.2, 0) is 31.2 Å². The Balaban J connectivity index is 1.34. The Bertz CT molecular complexity index is 1650. The zero-order chi connectivity index (χ0) is 31.2. The van der Waals surface area contributed by atoms with E-state index < -0.39 is 0 Å². The second-order valence-corrected chi connectivity index (χ2v) is 11.8. The van der Waals surface area contributed by atoms with Crippen LogP contribution in [0.2, 0.25) is 0 Å². The molecule has 1 amide bonds. The van der Waals surface area contributed by atoms with Crippen LogP contribution in [0.15, 0.2) is 63.9 Å². The lowest BCUT2D eigenvalue weighted by molar-refractivity contribution is -0.128. The van der Waals surface area contributed by atoms with Gasteiger partial charge in [0, 0.05) is 90.5 Å². The molecular weight excluding hydrogens is 550 g/mol. The molecule has 3 aromatic rings. The lowest BCUT2D eigenvalue weighted by Crippen LogP contribution is -2.21. The first-order valence-corrected chi connectivity index (χ1v) is 15.3. The number of fused-ring (bicyclic) bond motifs is 3. The van der Waals surface area contributed by atoms with Crippen LogP contribution < -0.4 is 5.32 Å². The van der Waals surface area contributed by atoms with Crippen molar-refractivity contribution in [1.29, 1.82) is 5.41 Å². The predicted molar refractivity (Wildman–Crippen MR) is 178 cm³/mol. The fraction of sp³-hybridized carbons (Fsp3) is 0.412. The number of anilines is 1. The molecule has 0 saturated carbocycles. The van der Waals surface area contributed by atoms with Gasteiger partial charge >= 0.3 is 0 Å². The van der Waals surface area contributed by atoms with Crippen LogP contribution in [0.1, 0.15) is 73.0 Å². The van der Waals surface area contributed by atoms with Gasteiger partial charge in [-0.1, -0.05) is 29.8 Å². The van der Waals surface area contributed by atoms with Crippen LogP contribution in [0, 0.1) is 5.41 Å². The summed E-state index contributed by atoms with van der Waals surface area (Å²) >= 11 is 0. The lowest BCUT2D eigenvalue weighted by atomic mass is 9.81. The third kappa shape index (κ3) is 6.96. The van der Waals surface area contributed by atoms with Gasteiger partial charge in [0.05, 0.1) is 17.3 Å². The van der Waals surface area contributed by atoms with Crippen molar-refractivity contribution in [2.24, 2.45) is 17.0 Å². The number of carbonyl (C=O) groups is 1. The molecule has 44 heavy (non-hydrogen) atoms. The van der Waals surface area contributed by atoms with E-state index in [0.29, 0.717) is 13.0 Å². The monoisotopic (exact) mass is 593 g/mol. The molecule has 1 atom stereocenters. The van der Waals surface area contributed by atoms with E-state index in [4.69, 9.17) is 15.5 Å². The van der Waals surface area contributed by atoms with Gasteiger partial charge in [-0.05, 0) is 54.9 Å². The standard InChI is InChI=1S/C34H43N9O/c1-23-11-14-30(38-31-15-17-43(40-31)16-7-10-32(44)41(3)4)37-22-26-12-13-28-34(33(23)26)29(42(5)39-28)19-24-8-6-9-25(18-24)27(20-35)21-36-2/h6,8-9,15,17-18,20-22,27,35H,7,10-14,16,19H2,1-5H3,(H,37,38,40)/b26-22-,33-23?,35-20?,36-21?. The Morgan fingerprint density at radius 3 is 2.80 bits per heavy atom. The molecule has 0 radical (unpaired) electrons. The van der Waals surface area contributed by atoms with E-state index in [2.05, 4.69) is 46.6 Å². The summed E-state index contributed by atoms with van der Waals surface area (Å²) in [6.07, 6.45) is 12.7. The minimum atomic E-state index is -0.126. The van der Waals surface area contributed by atoms with Crippen LogP contribution in [0.4, 0.5) is 5.82 Å². The van der Waals surface area contributed by atoms with Gasteiger partial charge in [-0.25, -0.2) is 4.99 Å². The van der Waals surface area contributed by atoms with Crippen molar-refractivity contribution in [1.82, 2.24) is 24.5 Å². The van der Waals surface area contributed by atoms with Crippen molar-refractivity contribution in [2.45, 2.75) is 64.3 Å². The fourth-order valence-electron chi connectivity index (χ4n) is 5.99. The summed E-state index contributed by atoms with van der Waals surface area (Å²) in [4.78, 5) is 22.6. The van der Waals surface area contributed by atoms with Gasteiger partial charge in [0.15, 0.2) is 5.82 Å². The van der Waals surface area contributed by atoms with Gasteiger partial charge in [-0.15, -0.1) is 0 Å². The number of allylic oxidation sites excluding steroid dienone is 3. The smallest absolute Gasteiger partial charge is 0.222 e. The van der Waals surface area contributed by atoms with Crippen molar-refractivity contribution < 1.29 is 4.79 Å². The molecule has 0 bridgehead atoms. The minimum Gasteiger partial charge on any atom is -0.349 e. The molecule has 1 aromatic carbocycles. The highest BCUT2D eigenvalue weighted by Crippen LogP contribution is 2.41. The average molecular weight is 594 g/mol. The Morgan fingerprint density at radius 2 is 2.02 bits per heavy atom. The van der Waals surface area contributed by atoms with Gasteiger partial charge in [-0.2, -0.15) is 10.2 Å². The second-order valence-electron chi connectivity index (χ2n) is 11.8. The summed E-state index contributed by atoms with van der Waals surface area (Å²) in [6, 6.07) is 10.4. The largest absolute Gasteiger partial charge is 0.349 e. The van der Waals surface area contributed by atoms with Gasteiger partial charge in [0.1, 0.15) is 5.84 Å². The van der Waals surface area contributed by atoms with Crippen molar-refractivity contribution in [3.63, 3.8) is 0 Å². The number of amidine groups is 1. The van der Waals surface area contributed by atoms with Gasteiger partial charge < -0.3 is 15.6 Å². The number of aryl methyl sites for hydroxylation is 3. The zero-order valence-electron chi connectivity index (χ0n) is 26.5. The quantitative estimate of drug-likeness (QED) is 0.306. The Kier molecular flexibility index (Phi) is 9.67. The maximum absolute atomic E-state index is 11.9. The lowest BCUT2D eigenvalue weighted by Gasteiger charge is -2.24. The molecule has 1 aliphatic carbocycles. The third-order valence-corrected chi connectivity index (χ3v) is 8.37. The molecule has 3 heterocycles. The summed E-state index contributed by atoms with van der Waals surface area (Å²) in [5.74, 6) is 1.67. The second kappa shape index (κ2) is 13.8. The maximum Gasteiger partial charge on any atom is 0.222 e. The Hall–Kier alpha value is -4.60. The molecule has 1 aliphatic heterocycles. The first-order valence-electron chi connectivity index (χ1n) is 15.3. The summed E-state index contributed by atoms with van der Waals surface area (Å²) in [7, 11) is 7.36. The number of hydrogen-bond acceptors (Lipinski definition) is 7. The predicted octanol–water partition coefficient (Wildman–Crippen LogP) is 5.42. The van der Waals surface area contributed by atoms with E-state index in [0.717, 1.165) is 61.4 Å². The molecule has 0 fully saturated rings. The molecule has 2 N–H and O–H groups in total. The number of aliphatic imine (C=N–C) groups is 2. The first kappa shape index (κ1) is 30.8. The van der Waals surface area contributed by atoms with Gasteiger partial charge in [0.25, 0.3) is 0 Å². The third-order valence-electron chi connectivity index (χ3n) is 8.37. The molecule has 0 saturated heterocycles. The fourth-order valence-corrected chi connectivity index (χ4v) is 5.99. The molecule has 2 aliphatic rings. The molecule has 10 nitrogen and oxygen atoms in total. The first-order chi connectivity index (χ1) is 21.3. The summed E-state index contributed by atoms with van der Waals surface area (Å²) in [5.41, 5.74) is 9.75. The van der Waals surface area contributed by atoms with E-state index in [9.17, 15) is 4.79 Å². The number of rotatable bonds is 10. The highest BCUT2D eigenvalue weighted by atomic mass is 16.2. The molecule has 1 unspecified atom stereocenters. The maximum atomic E-state index is 11.9. The number of carbonyl (C=O) groups excluding carboxylic acids is 1. The number of aromatic nitrogens is 4. The number of nitrogens with zero attached hydrogens (tertiary/aromatic N) is 7. The molecular formula is C34H43N9O.